The topological polar surface area (TPSA) is 58.1 Å². The number of nitrogens with one attached hydrogen (secondary N) is 1. The highest BCUT2D eigenvalue weighted by atomic mass is 19.4. The van der Waals surface area contributed by atoms with Gasteiger partial charge in [0.1, 0.15) is 0 Å². The summed E-state index contributed by atoms with van der Waals surface area (Å²) in [5, 5.41) is 2.98. The van der Waals surface area contributed by atoms with Crippen LogP contribution < -0.4 is 5.32 Å². The molecule has 0 spiro atoms. The summed E-state index contributed by atoms with van der Waals surface area (Å²) in [6.45, 7) is 0.491. The molecule has 1 aromatic heterocycles. The lowest BCUT2D eigenvalue weighted by atomic mass is 10.2. The fraction of sp³-hybridized carbons (Fsp3) is 0.615. The van der Waals surface area contributed by atoms with E-state index in [0.29, 0.717) is 24.6 Å². The first-order valence-electron chi connectivity index (χ1n) is 6.73. The van der Waals surface area contributed by atoms with Crippen LogP contribution in [0.15, 0.2) is 12.3 Å². The Hall–Kier alpha value is -1.86. The molecule has 1 aliphatic rings. The molecule has 116 valence electrons. The molecule has 0 saturated carbocycles. The number of carbonyl (C=O) groups excluding carboxylic acids is 1. The van der Waals surface area contributed by atoms with Crippen molar-refractivity contribution in [3.05, 3.63) is 18.0 Å². The van der Waals surface area contributed by atoms with Gasteiger partial charge in [-0.2, -0.15) is 13.2 Å². The molecule has 0 radical (unpaired) electrons. The van der Waals surface area contributed by atoms with Crippen LogP contribution in [0.3, 0.4) is 0 Å². The molecule has 21 heavy (non-hydrogen) atoms. The molecule has 1 fully saturated rings. The smallest absolute Gasteiger partial charge is 0.352 e. The van der Waals surface area contributed by atoms with Crippen molar-refractivity contribution >= 4 is 11.9 Å². The van der Waals surface area contributed by atoms with Gasteiger partial charge in [0.05, 0.1) is 0 Å². The summed E-state index contributed by atoms with van der Waals surface area (Å²) in [7, 11) is 1.74. The molecule has 1 atom stereocenters. The van der Waals surface area contributed by atoms with Gasteiger partial charge in [0.15, 0.2) is 0 Å². The maximum atomic E-state index is 12.2. The van der Waals surface area contributed by atoms with E-state index < -0.39 is 12.6 Å². The van der Waals surface area contributed by atoms with Crippen molar-refractivity contribution in [2.75, 3.05) is 18.9 Å². The fourth-order valence-corrected chi connectivity index (χ4v) is 2.20. The lowest BCUT2D eigenvalue weighted by Crippen LogP contribution is -2.34. The van der Waals surface area contributed by atoms with Crippen LogP contribution in [0.5, 0.6) is 0 Å². The molecular weight excluding hydrogens is 285 g/mol. The van der Waals surface area contributed by atoms with Crippen LogP contribution in [0, 0.1) is 0 Å². The standard InChI is InChI=1S/C13H17F3N4O/c1-20-10(2-3-11(20)21)8-18-12-17-7-5-9(19-12)4-6-13(14,15)16/h5,7,10H,2-4,6,8H2,1H3,(H,17,18,19). The quantitative estimate of drug-likeness (QED) is 0.904. The van der Waals surface area contributed by atoms with Crippen molar-refractivity contribution in [1.29, 1.82) is 0 Å². The molecule has 2 rings (SSSR count). The molecule has 1 saturated heterocycles. The predicted octanol–water partition coefficient (Wildman–Crippen LogP) is 2.00. The van der Waals surface area contributed by atoms with Crippen molar-refractivity contribution in [2.24, 2.45) is 0 Å². The Balaban J connectivity index is 1.88. The normalized spacial score (nSPS) is 19.1. The zero-order valence-corrected chi connectivity index (χ0v) is 11.7. The van der Waals surface area contributed by atoms with Gasteiger partial charge in [-0.3, -0.25) is 4.79 Å². The fourth-order valence-electron chi connectivity index (χ4n) is 2.20. The van der Waals surface area contributed by atoms with E-state index in [1.165, 1.54) is 12.3 Å². The van der Waals surface area contributed by atoms with E-state index in [2.05, 4.69) is 15.3 Å². The SMILES string of the molecule is CN1C(=O)CCC1CNc1nccc(CCC(F)(F)F)n1. The Bertz CT molecular complexity index is 506. The van der Waals surface area contributed by atoms with Gasteiger partial charge in [-0.25, -0.2) is 9.97 Å². The monoisotopic (exact) mass is 302 g/mol. The Morgan fingerprint density at radius 3 is 2.86 bits per heavy atom. The number of alkyl halides is 3. The number of hydrogen-bond acceptors (Lipinski definition) is 4. The van der Waals surface area contributed by atoms with Gasteiger partial charge in [0.25, 0.3) is 0 Å². The second-order valence-electron chi connectivity index (χ2n) is 5.06. The summed E-state index contributed by atoms with van der Waals surface area (Å²) in [6.07, 6.45) is -2.53. The molecule has 1 unspecified atom stereocenters. The van der Waals surface area contributed by atoms with Crippen LogP contribution in [-0.4, -0.2) is 46.6 Å². The minimum atomic E-state index is -4.19. The molecule has 0 bridgehead atoms. The van der Waals surface area contributed by atoms with Gasteiger partial charge in [-0.05, 0) is 18.9 Å². The number of nitrogens with zero attached hydrogens (tertiary/aromatic N) is 3. The highest BCUT2D eigenvalue weighted by molar-refractivity contribution is 5.78. The number of aromatic nitrogens is 2. The molecule has 0 aliphatic carbocycles. The zero-order chi connectivity index (χ0) is 15.5. The van der Waals surface area contributed by atoms with Gasteiger partial charge in [-0.1, -0.05) is 0 Å². The Morgan fingerprint density at radius 1 is 1.48 bits per heavy atom. The van der Waals surface area contributed by atoms with Crippen molar-refractivity contribution < 1.29 is 18.0 Å². The molecule has 1 amide bonds. The van der Waals surface area contributed by atoms with Crippen LogP contribution in [0.1, 0.15) is 25.0 Å². The molecule has 2 heterocycles. The third kappa shape index (κ3) is 4.57. The van der Waals surface area contributed by atoms with Crippen molar-refractivity contribution in [3.63, 3.8) is 0 Å². The van der Waals surface area contributed by atoms with Gasteiger partial charge in [0, 0.05) is 44.4 Å². The summed E-state index contributed by atoms with van der Waals surface area (Å²) in [4.78, 5) is 21.1. The minimum Gasteiger partial charge on any atom is -0.352 e. The first kappa shape index (κ1) is 15.5. The number of hydrogen-bond donors (Lipinski definition) is 1. The number of anilines is 1. The first-order chi connectivity index (χ1) is 9.85. The first-order valence-corrected chi connectivity index (χ1v) is 6.73. The molecule has 1 aliphatic heterocycles. The average molecular weight is 302 g/mol. The van der Waals surface area contributed by atoms with E-state index in [-0.39, 0.29) is 18.4 Å². The summed E-state index contributed by atoms with van der Waals surface area (Å²) in [5.41, 5.74) is 0.348. The predicted molar refractivity (Wildman–Crippen MR) is 70.7 cm³/mol. The van der Waals surface area contributed by atoms with Crippen LogP contribution in [0.4, 0.5) is 19.1 Å². The Labute approximate surface area is 120 Å². The maximum Gasteiger partial charge on any atom is 0.389 e. The lowest BCUT2D eigenvalue weighted by Gasteiger charge is -2.20. The third-order valence-electron chi connectivity index (χ3n) is 3.51. The van der Waals surface area contributed by atoms with E-state index in [9.17, 15) is 18.0 Å². The number of likely N-dealkylation sites (N-methyl/N-ethyl adjacent to an activating group) is 1. The maximum absolute atomic E-state index is 12.2. The van der Waals surface area contributed by atoms with E-state index in [4.69, 9.17) is 0 Å². The van der Waals surface area contributed by atoms with Crippen LogP contribution in [0.2, 0.25) is 0 Å². The number of rotatable bonds is 5. The van der Waals surface area contributed by atoms with Crippen LogP contribution >= 0.6 is 0 Å². The number of aryl methyl sites for hydroxylation is 1. The van der Waals surface area contributed by atoms with E-state index in [0.717, 1.165) is 6.42 Å². The molecular formula is C13H17F3N4O. The summed E-state index contributed by atoms with van der Waals surface area (Å²) < 4.78 is 36.5. The van der Waals surface area contributed by atoms with Gasteiger partial charge in [0.2, 0.25) is 11.9 Å². The molecule has 1 aromatic rings. The largest absolute Gasteiger partial charge is 0.389 e. The van der Waals surface area contributed by atoms with Gasteiger partial charge >= 0.3 is 6.18 Å². The number of carbonyl (C=O) groups is 1. The lowest BCUT2D eigenvalue weighted by molar-refractivity contribution is -0.134. The Kier molecular flexibility index (Phi) is 4.64. The zero-order valence-electron chi connectivity index (χ0n) is 11.7. The average Bonchev–Trinajstić information content (AvgIpc) is 2.74. The summed E-state index contributed by atoms with van der Waals surface area (Å²) in [5.74, 6) is 0.393. The molecule has 8 heteroatoms. The highest BCUT2D eigenvalue weighted by Gasteiger charge is 2.28. The minimum absolute atomic E-state index is 0.0694. The van der Waals surface area contributed by atoms with Crippen molar-refractivity contribution in [2.45, 2.75) is 37.9 Å². The second kappa shape index (κ2) is 6.28. The van der Waals surface area contributed by atoms with Gasteiger partial charge < -0.3 is 10.2 Å². The van der Waals surface area contributed by atoms with Gasteiger partial charge in [-0.15, -0.1) is 0 Å². The molecule has 0 aromatic carbocycles. The van der Waals surface area contributed by atoms with Crippen LogP contribution in [-0.2, 0) is 11.2 Å². The molecule has 5 nitrogen and oxygen atoms in total. The Morgan fingerprint density at radius 2 is 2.24 bits per heavy atom. The van der Waals surface area contributed by atoms with Crippen LogP contribution in [0.25, 0.3) is 0 Å². The van der Waals surface area contributed by atoms with E-state index in [1.807, 2.05) is 0 Å². The third-order valence-corrected chi connectivity index (χ3v) is 3.51. The van der Waals surface area contributed by atoms with Crippen molar-refractivity contribution in [3.8, 4) is 0 Å². The molecule has 1 N–H and O–H groups in total. The summed E-state index contributed by atoms with van der Waals surface area (Å²) >= 11 is 0. The highest BCUT2D eigenvalue weighted by Crippen LogP contribution is 2.21. The number of halogens is 3. The summed E-state index contributed by atoms with van der Waals surface area (Å²) in [6, 6.07) is 1.54. The number of amides is 1. The second-order valence-corrected chi connectivity index (χ2v) is 5.06. The van der Waals surface area contributed by atoms with E-state index >= 15 is 0 Å². The van der Waals surface area contributed by atoms with Crippen molar-refractivity contribution in [1.82, 2.24) is 14.9 Å². The number of likely N-dealkylation sites (tertiary alicyclic amines) is 1. The van der Waals surface area contributed by atoms with E-state index in [1.54, 1.807) is 11.9 Å².